The standard InChI is InChI=1S/C22H22N2O2/c1-16-7-10-19(11-8-16)22(26)23-14-21(25)24(2)15-17-9-12-18-5-3-4-6-20(18)13-17/h3-13H,14-15H2,1-2H3,(H,23,26). The molecule has 0 saturated carbocycles. The zero-order chi connectivity index (χ0) is 18.5. The van der Waals surface area contributed by atoms with Crippen molar-refractivity contribution in [3.63, 3.8) is 0 Å². The van der Waals surface area contributed by atoms with Gasteiger partial charge in [0.05, 0.1) is 6.54 Å². The van der Waals surface area contributed by atoms with E-state index in [4.69, 9.17) is 0 Å². The van der Waals surface area contributed by atoms with Gasteiger partial charge in [0.25, 0.3) is 5.91 Å². The molecule has 0 spiro atoms. The fourth-order valence-electron chi connectivity index (χ4n) is 2.80. The first-order valence-electron chi connectivity index (χ1n) is 8.59. The van der Waals surface area contributed by atoms with E-state index in [-0.39, 0.29) is 18.4 Å². The molecule has 0 aromatic heterocycles. The van der Waals surface area contributed by atoms with Crippen molar-refractivity contribution in [2.45, 2.75) is 13.5 Å². The largest absolute Gasteiger partial charge is 0.343 e. The zero-order valence-electron chi connectivity index (χ0n) is 15.0. The smallest absolute Gasteiger partial charge is 0.251 e. The van der Waals surface area contributed by atoms with Crippen molar-refractivity contribution in [3.05, 3.63) is 83.4 Å². The van der Waals surface area contributed by atoms with Gasteiger partial charge < -0.3 is 10.2 Å². The Morgan fingerprint density at radius 1 is 0.923 bits per heavy atom. The highest BCUT2D eigenvalue weighted by molar-refractivity contribution is 5.96. The van der Waals surface area contributed by atoms with Crippen molar-refractivity contribution >= 4 is 22.6 Å². The Bertz CT molecular complexity index is 932. The predicted molar refractivity (Wildman–Crippen MR) is 104 cm³/mol. The number of nitrogens with one attached hydrogen (secondary N) is 1. The van der Waals surface area contributed by atoms with Crippen molar-refractivity contribution in [1.82, 2.24) is 10.2 Å². The van der Waals surface area contributed by atoms with Crippen LogP contribution in [0.4, 0.5) is 0 Å². The Labute approximate surface area is 153 Å². The lowest BCUT2D eigenvalue weighted by atomic mass is 10.1. The Balaban J connectivity index is 1.56. The number of nitrogens with zero attached hydrogens (tertiary/aromatic N) is 1. The quantitative estimate of drug-likeness (QED) is 0.768. The molecule has 0 fully saturated rings. The van der Waals surface area contributed by atoms with Crippen LogP contribution in [0.25, 0.3) is 10.8 Å². The summed E-state index contributed by atoms with van der Waals surface area (Å²) < 4.78 is 0. The predicted octanol–water partition coefficient (Wildman–Crippen LogP) is 3.54. The van der Waals surface area contributed by atoms with Gasteiger partial charge >= 0.3 is 0 Å². The monoisotopic (exact) mass is 346 g/mol. The Morgan fingerprint density at radius 3 is 2.35 bits per heavy atom. The van der Waals surface area contributed by atoms with Crippen LogP contribution < -0.4 is 5.32 Å². The highest BCUT2D eigenvalue weighted by atomic mass is 16.2. The molecule has 0 heterocycles. The molecule has 0 atom stereocenters. The number of carbonyl (C=O) groups is 2. The Kier molecular flexibility index (Phi) is 5.32. The van der Waals surface area contributed by atoms with Gasteiger partial charge in [0, 0.05) is 19.2 Å². The van der Waals surface area contributed by atoms with Crippen LogP contribution in [0, 0.1) is 6.92 Å². The molecule has 0 aliphatic carbocycles. The molecule has 0 aliphatic rings. The first-order chi connectivity index (χ1) is 12.5. The minimum absolute atomic E-state index is 0.0171. The van der Waals surface area contributed by atoms with Gasteiger partial charge in [-0.05, 0) is 41.5 Å². The first-order valence-corrected chi connectivity index (χ1v) is 8.59. The Morgan fingerprint density at radius 2 is 1.62 bits per heavy atom. The van der Waals surface area contributed by atoms with Crippen LogP contribution in [0.5, 0.6) is 0 Å². The van der Waals surface area contributed by atoms with Crippen LogP contribution in [0.3, 0.4) is 0 Å². The molecule has 4 nitrogen and oxygen atoms in total. The number of amides is 2. The second-order valence-corrected chi connectivity index (χ2v) is 6.48. The Hall–Kier alpha value is -3.14. The summed E-state index contributed by atoms with van der Waals surface area (Å²) in [6.45, 7) is 2.45. The number of likely N-dealkylation sites (N-methyl/N-ethyl adjacent to an activating group) is 1. The fraction of sp³-hybridized carbons (Fsp3) is 0.182. The summed E-state index contributed by atoms with van der Waals surface area (Å²) in [4.78, 5) is 26.0. The van der Waals surface area contributed by atoms with E-state index in [1.165, 1.54) is 5.39 Å². The highest BCUT2D eigenvalue weighted by Gasteiger charge is 2.12. The molecule has 0 unspecified atom stereocenters. The first kappa shape index (κ1) is 17.7. The third-order valence-electron chi connectivity index (χ3n) is 4.37. The van der Waals surface area contributed by atoms with E-state index in [9.17, 15) is 9.59 Å². The van der Waals surface area contributed by atoms with Crippen LogP contribution in [0.1, 0.15) is 21.5 Å². The van der Waals surface area contributed by atoms with Gasteiger partial charge in [-0.15, -0.1) is 0 Å². The topological polar surface area (TPSA) is 49.4 Å². The van der Waals surface area contributed by atoms with E-state index < -0.39 is 0 Å². The SMILES string of the molecule is Cc1ccc(C(=O)NCC(=O)N(C)Cc2ccc3ccccc3c2)cc1. The van der Waals surface area contributed by atoms with Gasteiger partial charge in [0.2, 0.25) is 5.91 Å². The second-order valence-electron chi connectivity index (χ2n) is 6.48. The summed E-state index contributed by atoms with van der Waals surface area (Å²) in [6, 6.07) is 21.6. The van der Waals surface area contributed by atoms with Crippen LogP contribution >= 0.6 is 0 Å². The summed E-state index contributed by atoms with van der Waals surface area (Å²) in [5.74, 6) is -0.365. The van der Waals surface area contributed by atoms with Crippen molar-refractivity contribution < 1.29 is 9.59 Å². The highest BCUT2D eigenvalue weighted by Crippen LogP contribution is 2.16. The molecule has 0 bridgehead atoms. The summed E-state index contributed by atoms with van der Waals surface area (Å²) >= 11 is 0. The number of carbonyl (C=O) groups excluding carboxylic acids is 2. The molecule has 0 aliphatic heterocycles. The molecule has 132 valence electrons. The molecule has 0 radical (unpaired) electrons. The van der Waals surface area contributed by atoms with E-state index in [1.807, 2.05) is 37.3 Å². The molecule has 3 rings (SSSR count). The number of fused-ring (bicyclic) bond motifs is 1. The number of aryl methyl sites for hydroxylation is 1. The van der Waals surface area contributed by atoms with E-state index in [0.29, 0.717) is 12.1 Å². The molecule has 3 aromatic rings. The van der Waals surface area contributed by atoms with Crippen LogP contribution in [-0.2, 0) is 11.3 Å². The van der Waals surface area contributed by atoms with Gasteiger partial charge in [0.15, 0.2) is 0 Å². The lowest BCUT2D eigenvalue weighted by Crippen LogP contribution is -2.37. The summed E-state index contributed by atoms with van der Waals surface area (Å²) in [7, 11) is 1.75. The lowest BCUT2D eigenvalue weighted by Gasteiger charge is -2.18. The van der Waals surface area contributed by atoms with Gasteiger partial charge in [-0.3, -0.25) is 9.59 Å². The van der Waals surface area contributed by atoms with Gasteiger partial charge in [-0.1, -0.05) is 54.1 Å². The molecular weight excluding hydrogens is 324 g/mol. The van der Waals surface area contributed by atoms with Crippen molar-refractivity contribution in [2.24, 2.45) is 0 Å². The lowest BCUT2D eigenvalue weighted by molar-refractivity contribution is -0.129. The number of rotatable bonds is 5. The molecular formula is C22H22N2O2. The van der Waals surface area contributed by atoms with Crippen LogP contribution in [-0.4, -0.2) is 30.3 Å². The van der Waals surface area contributed by atoms with Crippen LogP contribution in [0.2, 0.25) is 0 Å². The van der Waals surface area contributed by atoms with Crippen molar-refractivity contribution in [3.8, 4) is 0 Å². The molecule has 26 heavy (non-hydrogen) atoms. The van der Waals surface area contributed by atoms with E-state index in [0.717, 1.165) is 16.5 Å². The third-order valence-corrected chi connectivity index (χ3v) is 4.37. The third kappa shape index (κ3) is 4.28. The summed E-state index contributed by atoms with van der Waals surface area (Å²) in [6.07, 6.45) is 0. The minimum Gasteiger partial charge on any atom is -0.343 e. The number of benzene rings is 3. The second kappa shape index (κ2) is 7.83. The van der Waals surface area contributed by atoms with Crippen molar-refractivity contribution in [1.29, 1.82) is 0 Å². The van der Waals surface area contributed by atoms with Gasteiger partial charge in [0.1, 0.15) is 0 Å². The normalized spacial score (nSPS) is 10.5. The van der Waals surface area contributed by atoms with Gasteiger partial charge in [-0.25, -0.2) is 0 Å². The number of hydrogen-bond donors (Lipinski definition) is 1. The van der Waals surface area contributed by atoms with E-state index in [2.05, 4.69) is 29.6 Å². The number of hydrogen-bond acceptors (Lipinski definition) is 2. The average molecular weight is 346 g/mol. The van der Waals surface area contributed by atoms with Gasteiger partial charge in [-0.2, -0.15) is 0 Å². The maximum atomic E-state index is 12.3. The summed E-state index contributed by atoms with van der Waals surface area (Å²) in [5.41, 5.74) is 2.71. The maximum absolute atomic E-state index is 12.3. The maximum Gasteiger partial charge on any atom is 0.251 e. The van der Waals surface area contributed by atoms with E-state index in [1.54, 1.807) is 24.1 Å². The van der Waals surface area contributed by atoms with Crippen molar-refractivity contribution in [2.75, 3.05) is 13.6 Å². The van der Waals surface area contributed by atoms with E-state index >= 15 is 0 Å². The fourth-order valence-corrected chi connectivity index (χ4v) is 2.80. The molecule has 3 aromatic carbocycles. The molecule has 1 N–H and O–H groups in total. The average Bonchev–Trinajstić information content (AvgIpc) is 2.66. The molecule has 2 amide bonds. The molecule has 4 heteroatoms. The minimum atomic E-state index is -0.238. The summed E-state index contributed by atoms with van der Waals surface area (Å²) in [5, 5.41) is 5.01. The zero-order valence-corrected chi connectivity index (χ0v) is 15.0. The molecule has 0 saturated heterocycles. The van der Waals surface area contributed by atoms with Crippen LogP contribution in [0.15, 0.2) is 66.7 Å².